The summed E-state index contributed by atoms with van der Waals surface area (Å²) in [5.41, 5.74) is 1.21. The Balaban J connectivity index is 1.18. The molecule has 0 radical (unpaired) electrons. The van der Waals surface area contributed by atoms with Gasteiger partial charge in [-0.1, -0.05) is 30.3 Å². The molecule has 0 unspecified atom stereocenters. The van der Waals surface area contributed by atoms with Gasteiger partial charge in [-0.05, 0) is 12.0 Å². The molecule has 2 aliphatic heterocycles. The van der Waals surface area contributed by atoms with Crippen molar-refractivity contribution in [3.05, 3.63) is 47.8 Å². The molecule has 1 aromatic heterocycles. The van der Waals surface area contributed by atoms with Crippen molar-refractivity contribution < 1.29 is 14.3 Å². The fourth-order valence-corrected chi connectivity index (χ4v) is 4.45. The maximum Gasteiger partial charge on any atom is 0.317 e. The van der Waals surface area contributed by atoms with E-state index in [1.54, 1.807) is 17.9 Å². The normalized spacial score (nSPS) is 25.2. The number of nitrogens with one attached hydrogen (secondary N) is 1. The van der Waals surface area contributed by atoms with Crippen molar-refractivity contribution >= 4 is 11.8 Å². The zero-order valence-electron chi connectivity index (χ0n) is 15.9. The maximum absolute atomic E-state index is 12.7. The van der Waals surface area contributed by atoms with E-state index in [0.717, 1.165) is 6.42 Å². The van der Waals surface area contributed by atoms with Crippen molar-refractivity contribution in [1.82, 2.24) is 20.0 Å². The fourth-order valence-electron chi connectivity index (χ4n) is 4.45. The molecule has 1 aromatic carbocycles. The number of amides is 2. The summed E-state index contributed by atoms with van der Waals surface area (Å²) >= 11 is 0. The van der Waals surface area contributed by atoms with Crippen LogP contribution in [0.5, 0.6) is 5.75 Å². The van der Waals surface area contributed by atoms with E-state index in [1.807, 2.05) is 23.1 Å². The van der Waals surface area contributed by atoms with E-state index in [0.29, 0.717) is 49.7 Å². The van der Waals surface area contributed by atoms with Crippen LogP contribution in [-0.2, 0) is 7.05 Å². The van der Waals surface area contributed by atoms with Gasteiger partial charge >= 0.3 is 6.03 Å². The van der Waals surface area contributed by atoms with Gasteiger partial charge in [0.25, 0.3) is 0 Å². The second-order valence-corrected chi connectivity index (χ2v) is 8.20. The van der Waals surface area contributed by atoms with Crippen LogP contribution in [0.25, 0.3) is 0 Å². The molecule has 7 heteroatoms. The largest absolute Gasteiger partial charge is 0.483 e. The third-order valence-corrected chi connectivity index (χ3v) is 6.16. The quantitative estimate of drug-likeness (QED) is 0.868. The van der Waals surface area contributed by atoms with Crippen molar-refractivity contribution in [1.29, 1.82) is 0 Å². The highest BCUT2D eigenvalue weighted by Crippen LogP contribution is 2.41. The van der Waals surface area contributed by atoms with Gasteiger partial charge in [-0.15, -0.1) is 0 Å². The smallest absolute Gasteiger partial charge is 0.317 e. The molecule has 3 aliphatic rings. The number of hydrogen-bond acceptors (Lipinski definition) is 4. The lowest BCUT2D eigenvalue weighted by molar-refractivity contribution is -0.000838. The molecule has 28 heavy (non-hydrogen) atoms. The van der Waals surface area contributed by atoms with Crippen LogP contribution in [0.15, 0.2) is 36.5 Å². The number of urea groups is 1. The minimum Gasteiger partial charge on any atom is -0.483 e. The number of carbonyl (C=O) groups excluding carboxylic acids is 2. The molecular weight excluding hydrogens is 356 g/mol. The molecule has 7 nitrogen and oxygen atoms in total. The van der Waals surface area contributed by atoms with E-state index in [4.69, 9.17) is 4.74 Å². The van der Waals surface area contributed by atoms with Crippen molar-refractivity contribution in [3.8, 4) is 5.75 Å². The second kappa shape index (κ2) is 6.36. The molecule has 3 heterocycles. The highest BCUT2D eigenvalue weighted by atomic mass is 16.5. The Hall–Kier alpha value is -2.83. The highest BCUT2D eigenvalue weighted by molar-refractivity contribution is 5.98. The summed E-state index contributed by atoms with van der Waals surface area (Å²) in [5, 5.41) is 7.35. The van der Waals surface area contributed by atoms with Gasteiger partial charge in [0.2, 0.25) is 0 Å². The number of carbonyl (C=O) groups is 2. The summed E-state index contributed by atoms with van der Waals surface area (Å²) in [5.74, 6) is 1.02. The molecule has 146 valence electrons. The molecule has 2 aromatic rings. The first-order valence-electron chi connectivity index (χ1n) is 9.89. The number of benzene rings is 1. The van der Waals surface area contributed by atoms with Gasteiger partial charge in [0.1, 0.15) is 5.60 Å². The monoisotopic (exact) mass is 380 g/mol. The zero-order valence-corrected chi connectivity index (χ0v) is 15.9. The molecule has 1 aliphatic carbocycles. The van der Waals surface area contributed by atoms with Crippen LogP contribution >= 0.6 is 0 Å². The Morgan fingerprint density at radius 1 is 1.25 bits per heavy atom. The van der Waals surface area contributed by atoms with Crippen LogP contribution in [0.2, 0.25) is 0 Å². The molecule has 2 amide bonds. The number of ketones is 1. The van der Waals surface area contributed by atoms with E-state index < -0.39 is 5.60 Å². The van der Waals surface area contributed by atoms with Crippen molar-refractivity contribution in [2.45, 2.75) is 43.2 Å². The first kappa shape index (κ1) is 17.3. The minimum atomic E-state index is -0.504. The number of hydrogen-bond donors (Lipinski definition) is 1. The third-order valence-electron chi connectivity index (χ3n) is 6.16. The van der Waals surface area contributed by atoms with E-state index in [1.165, 1.54) is 5.56 Å². The molecule has 2 fully saturated rings. The van der Waals surface area contributed by atoms with E-state index >= 15 is 0 Å². The van der Waals surface area contributed by atoms with Gasteiger partial charge in [-0.25, -0.2) is 4.79 Å². The number of rotatable bonds is 2. The zero-order chi connectivity index (χ0) is 19.3. The molecule has 5 rings (SSSR count). The van der Waals surface area contributed by atoms with Crippen LogP contribution in [0.4, 0.5) is 4.79 Å². The van der Waals surface area contributed by atoms with Gasteiger partial charge in [0.15, 0.2) is 17.2 Å². The topological polar surface area (TPSA) is 76.5 Å². The number of likely N-dealkylation sites (tertiary alicyclic amines) is 1. The number of nitrogens with zero attached hydrogens (tertiary/aromatic N) is 3. The second-order valence-electron chi connectivity index (χ2n) is 8.20. The first-order chi connectivity index (χ1) is 13.5. The van der Waals surface area contributed by atoms with Crippen molar-refractivity contribution in [3.63, 3.8) is 0 Å². The van der Waals surface area contributed by atoms with Crippen LogP contribution in [0.1, 0.15) is 47.7 Å². The predicted octanol–water partition coefficient (Wildman–Crippen LogP) is 2.49. The number of aromatic nitrogens is 2. The lowest BCUT2D eigenvalue weighted by atomic mass is 9.84. The van der Waals surface area contributed by atoms with E-state index in [-0.39, 0.29) is 17.9 Å². The number of fused-ring (bicyclic) bond motifs is 1. The minimum absolute atomic E-state index is 0.0116. The molecule has 1 spiro atoms. The highest BCUT2D eigenvalue weighted by Gasteiger charge is 2.46. The molecule has 0 bridgehead atoms. The van der Waals surface area contributed by atoms with Gasteiger partial charge in [0, 0.05) is 44.9 Å². The first-order valence-corrected chi connectivity index (χ1v) is 9.89. The van der Waals surface area contributed by atoms with Gasteiger partial charge in [-0.2, -0.15) is 5.10 Å². The standard InChI is InChI=1S/C21H24N4O3/c1-24-13-18-19(23-24)17(26)12-21(28-18)7-9-25(10-8-21)20(27)22-16-11-15(16)14-5-3-2-4-6-14/h2-6,13,15-16H,7-12H2,1H3,(H,22,27)/t15-,16+/m0/s1. The average molecular weight is 380 g/mol. The van der Waals surface area contributed by atoms with Crippen LogP contribution in [-0.4, -0.2) is 51.2 Å². The molecule has 1 saturated heterocycles. The summed E-state index contributed by atoms with van der Waals surface area (Å²) in [6, 6.07) is 10.5. The van der Waals surface area contributed by atoms with Gasteiger partial charge < -0.3 is 15.0 Å². The van der Waals surface area contributed by atoms with E-state index in [9.17, 15) is 9.59 Å². The number of ether oxygens (including phenoxy) is 1. The Morgan fingerprint density at radius 2 is 2.00 bits per heavy atom. The molecular formula is C21H24N4O3. The summed E-state index contributed by atoms with van der Waals surface area (Å²) in [6.07, 6.45) is 4.41. The lowest BCUT2D eigenvalue weighted by Crippen LogP contribution is -2.54. The Kier molecular flexibility index (Phi) is 3.92. The SMILES string of the molecule is Cn1cc2c(n1)C(=O)CC1(CCN(C(=O)N[C@@H]3C[C@H]3c3ccccc3)CC1)O2. The summed E-state index contributed by atoms with van der Waals surface area (Å²) in [6.45, 7) is 1.19. The summed E-state index contributed by atoms with van der Waals surface area (Å²) < 4.78 is 7.80. The van der Waals surface area contributed by atoms with Gasteiger partial charge in [-0.3, -0.25) is 9.48 Å². The number of aryl methyl sites for hydroxylation is 1. The lowest BCUT2D eigenvalue weighted by Gasteiger charge is -2.42. The number of piperidine rings is 1. The Morgan fingerprint density at radius 3 is 2.75 bits per heavy atom. The van der Waals surface area contributed by atoms with Crippen LogP contribution < -0.4 is 10.1 Å². The molecule has 1 N–H and O–H groups in total. The molecule has 2 atom stereocenters. The number of Topliss-reactive ketones (excluding diaryl/α,β-unsaturated/α-hetero) is 1. The van der Waals surface area contributed by atoms with Gasteiger partial charge in [0.05, 0.1) is 12.6 Å². The predicted molar refractivity (Wildman–Crippen MR) is 102 cm³/mol. The van der Waals surface area contributed by atoms with Crippen LogP contribution in [0, 0.1) is 0 Å². The maximum atomic E-state index is 12.7. The van der Waals surface area contributed by atoms with Crippen molar-refractivity contribution in [2.75, 3.05) is 13.1 Å². The summed E-state index contributed by atoms with van der Waals surface area (Å²) in [7, 11) is 1.79. The average Bonchev–Trinajstić information content (AvgIpc) is 3.35. The molecule has 1 saturated carbocycles. The summed E-state index contributed by atoms with van der Waals surface area (Å²) in [4.78, 5) is 27.0. The Bertz CT molecular complexity index is 915. The Labute approximate surface area is 163 Å². The van der Waals surface area contributed by atoms with E-state index in [2.05, 4.69) is 22.5 Å². The van der Waals surface area contributed by atoms with Crippen molar-refractivity contribution in [2.24, 2.45) is 7.05 Å². The third kappa shape index (κ3) is 3.04. The fraction of sp³-hybridized carbons (Fsp3) is 0.476. The van der Waals surface area contributed by atoms with Crippen LogP contribution in [0.3, 0.4) is 0 Å².